The van der Waals surface area contributed by atoms with E-state index >= 15 is 0 Å². The van der Waals surface area contributed by atoms with Crippen molar-refractivity contribution in [1.82, 2.24) is 9.47 Å². The number of fused-ring (bicyclic) bond motifs is 1. The summed E-state index contributed by atoms with van der Waals surface area (Å²) in [6, 6.07) is 4.88. The summed E-state index contributed by atoms with van der Waals surface area (Å²) >= 11 is 0. The molecule has 1 atom stereocenters. The third kappa shape index (κ3) is 3.18. The molecule has 0 radical (unpaired) electrons. The van der Waals surface area contributed by atoms with Crippen molar-refractivity contribution in [2.75, 3.05) is 13.1 Å². The summed E-state index contributed by atoms with van der Waals surface area (Å²) in [6.07, 6.45) is 6.27. The second kappa shape index (κ2) is 6.75. The van der Waals surface area contributed by atoms with Gasteiger partial charge in [0.05, 0.1) is 11.9 Å². The zero-order chi connectivity index (χ0) is 13.7. The van der Waals surface area contributed by atoms with Gasteiger partial charge in [0.25, 0.3) is 0 Å². The highest BCUT2D eigenvalue weighted by molar-refractivity contribution is 5.77. The molecule has 106 valence electrons. The first-order valence-electron chi connectivity index (χ1n) is 7.40. The van der Waals surface area contributed by atoms with E-state index in [1.807, 2.05) is 6.07 Å². The SMILES string of the molecule is CCCN(CCC)[C@@H]1CCn2c(/C=N/O)ccc2C1. The Bertz CT molecular complexity index is 419. The molecular formula is C15H25N3O. The van der Waals surface area contributed by atoms with Crippen LogP contribution in [0.2, 0.25) is 0 Å². The van der Waals surface area contributed by atoms with E-state index in [2.05, 4.69) is 34.5 Å². The van der Waals surface area contributed by atoms with E-state index in [0.29, 0.717) is 6.04 Å². The van der Waals surface area contributed by atoms with Crippen LogP contribution < -0.4 is 0 Å². The molecule has 0 spiro atoms. The Balaban J connectivity index is 2.08. The van der Waals surface area contributed by atoms with Crippen LogP contribution in [0.3, 0.4) is 0 Å². The lowest BCUT2D eigenvalue weighted by Gasteiger charge is -2.35. The molecule has 0 saturated heterocycles. The summed E-state index contributed by atoms with van der Waals surface area (Å²) < 4.78 is 2.27. The van der Waals surface area contributed by atoms with Crippen molar-refractivity contribution >= 4 is 6.21 Å². The Kier molecular flexibility index (Phi) is 5.02. The van der Waals surface area contributed by atoms with E-state index in [0.717, 1.165) is 18.7 Å². The number of nitrogens with zero attached hydrogens (tertiary/aromatic N) is 3. The lowest BCUT2D eigenvalue weighted by Crippen LogP contribution is -2.41. The van der Waals surface area contributed by atoms with Gasteiger partial charge in [-0.15, -0.1) is 0 Å². The van der Waals surface area contributed by atoms with Gasteiger partial charge in [0.1, 0.15) is 0 Å². The molecule has 2 heterocycles. The Morgan fingerprint density at radius 3 is 2.74 bits per heavy atom. The van der Waals surface area contributed by atoms with Crippen molar-refractivity contribution in [3.05, 3.63) is 23.5 Å². The predicted molar refractivity (Wildman–Crippen MR) is 78.1 cm³/mol. The van der Waals surface area contributed by atoms with Gasteiger partial charge in [-0.3, -0.25) is 4.90 Å². The lowest BCUT2D eigenvalue weighted by atomic mass is 10.0. The largest absolute Gasteiger partial charge is 0.411 e. The maximum absolute atomic E-state index is 8.67. The van der Waals surface area contributed by atoms with Gasteiger partial charge >= 0.3 is 0 Å². The summed E-state index contributed by atoms with van der Waals surface area (Å²) in [5, 5.41) is 11.8. The Morgan fingerprint density at radius 1 is 1.37 bits per heavy atom. The average Bonchev–Trinajstić information content (AvgIpc) is 2.81. The first-order valence-corrected chi connectivity index (χ1v) is 7.40. The highest BCUT2D eigenvalue weighted by Crippen LogP contribution is 2.22. The third-order valence-electron chi connectivity index (χ3n) is 3.96. The fourth-order valence-electron chi connectivity index (χ4n) is 3.13. The maximum Gasteiger partial charge on any atom is 0.0898 e. The van der Waals surface area contributed by atoms with Crippen LogP contribution in [0.5, 0.6) is 0 Å². The minimum Gasteiger partial charge on any atom is -0.411 e. The van der Waals surface area contributed by atoms with Crippen molar-refractivity contribution in [3.63, 3.8) is 0 Å². The topological polar surface area (TPSA) is 40.8 Å². The van der Waals surface area contributed by atoms with Crippen molar-refractivity contribution in [2.24, 2.45) is 5.16 Å². The minimum atomic E-state index is 0.668. The smallest absolute Gasteiger partial charge is 0.0898 e. The Morgan fingerprint density at radius 2 is 2.11 bits per heavy atom. The minimum absolute atomic E-state index is 0.668. The van der Waals surface area contributed by atoms with Crippen LogP contribution in [-0.2, 0) is 13.0 Å². The first-order chi connectivity index (χ1) is 9.30. The molecule has 0 aromatic carbocycles. The second-order valence-electron chi connectivity index (χ2n) is 5.33. The molecule has 0 amide bonds. The van der Waals surface area contributed by atoms with Gasteiger partial charge in [0.2, 0.25) is 0 Å². The van der Waals surface area contributed by atoms with Gasteiger partial charge in [0.15, 0.2) is 0 Å². The van der Waals surface area contributed by atoms with Crippen LogP contribution in [0.4, 0.5) is 0 Å². The molecule has 1 aromatic heterocycles. The molecule has 4 nitrogen and oxygen atoms in total. The van der Waals surface area contributed by atoms with Crippen LogP contribution in [0.25, 0.3) is 0 Å². The van der Waals surface area contributed by atoms with Crippen LogP contribution in [0.15, 0.2) is 17.3 Å². The molecule has 0 unspecified atom stereocenters. The monoisotopic (exact) mass is 263 g/mol. The quantitative estimate of drug-likeness (QED) is 0.487. The van der Waals surface area contributed by atoms with E-state index in [9.17, 15) is 0 Å². The average molecular weight is 263 g/mol. The molecule has 1 aromatic rings. The fourth-order valence-corrected chi connectivity index (χ4v) is 3.13. The number of hydrogen-bond donors (Lipinski definition) is 1. The third-order valence-corrected chi connectivity index (χ3v) is 3.96. The van der Waals surface area contributed by atoms with Gasteiger partial charge < -0.3 is 9.77 Å². The van der Waals surface area contributed by atoms with Crippen LogP contribution in [0, 0.1) is 0 Å². The number of oxime groups is 1. The van der Waals surface area contributed by atoms with Crippen LogP contribution in [-0.4, -0.2) is 40.0 Å². The van der Waals surface area contributed by atoms with Gasteiger partial charge in [-0.2, -0.15) is 0 Å². The number of rotatable bonds is 6. The van der Waals surface area contributed by atoms with E-state index in [1.165, 1.54) is 44.3 Å². The molecule has 0 fully saturated rings. The normalized spacial score (nSPS) is 19.2. The van der Waals surface area contributed by atoms with Gasteiger partial charge in [-0.1, -0.05) is 19.0 Å². The van der Waals surface area contributed by atoms with E-state index in [4.69, 9.17) is 5.21 Å². The molecule has 0 saturated carbocycles. The van der Waals surface area contributed by atoms with Gasteiger partial charge in [-0.05, 0) is 44.5 Å². The molecule has 4 heteroatoms. The van der Waals surface area contributed by atoms with E-state index < -0.39 is 0 Å². The molecule has 0 aliphatic carbocycles. The van der Waals surface area contributed by atoms with Crippen molar-refractivity contribution in [2.45, 2.75) is 52.1 Å². The predicted octanol–water partition coefficient (Wildman–Crippen LogP) is 2.73. The standard InChI is InChI=1S/C15H25N3O/c1-3-8-17(9-4-2)13-7-10-18-14(11-13)5-6-15(18)12-16-19/h5-6,12-13,19H,3-4,7-11H2,1-2H3/b16-12+/t13-/m1/s1. The zero-order valence-corrected chi connectivity index (χ0v) is 12.0. The summed E-state index contributed by atoms with van der Waals surface area (Å²) in [7, 11) is 0. The molecule has 2 rings (SSSR count). The molecule has 1 N–H and O–H groups in total. The second-order valence-corrected chi connectivity index (χ2v) is 5.33. The lowest BCUT2D eigenvalue weighted by molar-refractivity contribution is 0.167. The first kappa shape index (κ1) is 14.1. The van der Waals surface area contributed by atoms with E-state index in [-0.39, 0.29) is 0 Å². The van der Waals surface area contributed by atoms with Crippen LogP contribution in [0.1, 0.15) is 44.5 Å². The molecule has 1 aliphatic rings. The van der Waals surface area contributed by atoms with Crippen molar-refractivity contribution in [3.8, 4) is 0 Å². The molecule has 19 heavy (non-hydrogen) atoms. The van der Waals surface area contributed by atoms with Crippen molar-refractivity contribution < 1.29 is 5.21 Å². The summed E-state index contributed by atoms with van der Waals surface area (Å²) in [5.74, 6) is 0. The molecular weight excluding hydrogens is 238 g/mol. The zero-order valence-electron chi connectivity index (χ0n) is 12.0. The Hall–Kier alpha value is -1.29. The summed E-state index contributed by atoms with van der Waals surface area (Å²) in [4.78, 5) is 2.64. The van der Waals surface area contributed by atoms with Gasteiger partial charge in [0, 0.05) is 24.7 Å². The highest BCUT2D eigenvalue weighted by atomic mass is 16.4. The number of aromatic nitrogens is 1. The summed E-state index contributed by atoms with van der Waals surface area (Å²) in [5.41, 5.74) is 2.37. The maximum atomic E-state index is 8.67. The fraction of sp³-hybridized carbons (Fsp3) is 0.667. The molecule has 1 aliphatic heterocycles. The van der Waals surface area contributed by atoms with Gasteiger partial charge in [-0.25, -0.2) is 0 Å². The van der Waals surface area contributed by atoms with Crippen LogP contribution >= 0.6 is 0 Å². The highest BCUT2D eigenvalue weighted by Gasteiger charge is 2.24. The Labute approximate surface area is 115 Å². The van der Waals surface area contributed by atoms with Crippen molar-refractivity contribution in [1.29, 1.82) is 0 Å². The molecule has 0 bridgehead atoms. The van der Waals surface area contributed by atoms with E-state index in [1.54, 1.807) is 0 Å². The number of hydrogen-bond acceptors (Lipinski definition) is 3. The summed E-state index contributed by atoms with van der Waals surface area (Å²) in [6.45, 7) is 7.93.